The van der Waals surface area contributed by atoms with Gasteiger partial charge in [0.25, 0.3) is 0 Å². The fraction of sp³-hybridized carbons (Fsp3) is 0.333. The minimum Gasteiger partial charge on any atom is -0.461 e. The average molecular weight is 205 g/mol. The zero-order valence-corrected chi connectivity index (χ0v) is 8.61. The first kappa shape index (κ1) is 11.7. The first-order valence-corrected chi connectivity index (χ1v) is 4.93. The van der Waals surface area contributed by atoms with Gasteiger partial charge < -0.3 is 10.1 Å². The quantitative estimate of drug-likeness (QED) is 0.564. The fourth-order valence-electron chi connectivity index (χ4n) is 1.10. The van der Waals surface area contributed by atoms with Crippen LogP contribution in [0.2, 0.25) is 0 Å². The maximum Gasteiger partial charge on any atom is 0.307 e. The highest BCUT2D eigenvalue weighted by Gasteiger charge is 2.01. The molecule has 80 valence electrons. The van der Waals surface area contributed by atoms with Crippen molar-refractivity contribution in [1.82, 2.24) is 5.32 Å². The molecule has 0 aliphatic rings. The van der Waals surface area contributed by atoms with Crippen molar-refractivity contribution in [1.29, 1.82) is 0 Å². The monoisotopic (exact) mass is 205 g/mol. The van der Waals surface area contributed by atoms with E-state index in [9.17, 15) is 4.79 Å². The molecule has 0 aliphatic carbocycles. The van der Waals surface area contributed by atoms with Crippen LogP contribution in [0.25, 0.3) is 0 Å². The Balaban J connectivity index is 2.17. The van der Waals surface area contributed by atoms with Crippen LogP contribution in [0.5, 0.6) is 0 Å². The summed E-state index contributed by atoms with van der Waals surface area (Å²) in [5.74, 6) is -0.209. The SMILES string of the molecule is [CH]CNCCC(=O)OCc1ccccc1. The number of rotatable bonds is 6. The van der Waals surface area contributed by atoms with Gasteiger partial charge in [0.05, 0.1) is 6.42 Å². The first-order chi connectivity index (χ1) is 7.33. The molecule has 0 amide bonds. The summed E-state index contributed by atoms with van der Waals surface area (Å²) in [4.78, 5) is 11.2. The number of nitrogens with one attached hydrogen (secondary N) is 1. The van der Waals surface area contributed by atoms with Crippen LogP contribution < -0.4 is 5.32 Å². The number of esters is 1. The predicted octanol–water partition coefficient (Wildman–Crippen LogP) is 1.42. The molecule has 3 nitrogen and oxygen atoms in total. The molecule has 1 N–H and O–H groups in total. The van der Waals surface area contributed by atoms with Crippen LogP contribution in [0, 0.1) is 6.92 Å². The Morgan fingerprint density at radius 2 is 2.07 bits per heavy atom. The molecule has 0 unspecified atom stereocenters. The Labute approximate surface area is 90.4 Å². The highest BCUT2D eigenvalue weighted by molar-refractivity contribution is 5.69. The highest BCUT2D eigenvalue weighted by atomic mass is 16.5. The Morgan fingerprint density at radius 1 is 1.33 bits per heavy atom. The van der Waals surface area contributed by atoms with Crippen LogP contribution in [-0.4, -0.2) is 19.1 Å². The molecule has 3 heteroatoms. The molecule has 0 bridgehead atoms. The first-order valence-electron chi connectivity index (χ1n) is 4.93. The summed E-state index contributed by atoms with van der Waals surface area (Å²) in [6.45, 7) is 6.49. The molecule has 15 heavy (non-hydrogen) atoms. The maximum absolute atomic E-state index is 11.2. The van der Waals surface area contributed by atoms with Gasteiger partial charge in [0.2, 0.25) is 0 Å². The van der Waals surface area contributed by atoms with E-state index in [4.69, 9.17) is 11.7 Å². The molecular weight excluding hydrogens is 190 g/mol. The van der Waals surface area contributed by atoms with E-state index in [2.05, 4.69) is 5.32 Å². The number of hydrogen-bond donors (Lipinski definition) is 1. The Morgan fingerprint density at radius 3 is 2.73 bits per heavy atom. The van der Waals surface area contributed by atoms with Gasteiger partial charge in [-0.25, -0.2) is 0 Å². The zero-order valence-electron chi connectivity index (χ0n) is 8.61. The lowest BCUT2D eigenvalue weighted by atomic mass is 10.2. The van der Waals surface area contributed by atoms with E-state index >= 15 is 0 Å². The summed E-state index contributed by atoms with van der Waals surface area (Å²) >= 11 is 0. The molecule has 1 aromatic carbocycles. The van der Waals surface area contributed by atoms with Gasteiger partial charge in [-0.1, -0.05) is 30.3 Å². The lowest BCUT2D eigenvalue weighted by Crippen LogP contribution is -2.18. The molecule has 0 saturated carbocycles. The summed E-state index contributed by atoms with van der Waals surface area (Å²) in [6.07, 6.45) is 0.351. The standard InChI is InChI=1S/C12H15NO2/c1-2-13-9-8-12(14)15-10-11-6-4-3-5-7-11/h1,3-7,13H,2,8-10H2. The summed E-state index contributed by atoms with van der Waals surface area (Å²) in [5, 5.41) is 2.85. The van der Waals surface area contributed by atoms with E-state index in [1.54, 1.807) is 0 Å². The summed E-state index contributed by atoms with van der Waals surface area (Å²) in [6, 6.07) is 9.60. The Kier molecular flexibility index (Phi) is 5.48. The van der Waals surface area contributed by atoms with Crippen molar-refractivity contribution in [3.05, 3.63) is 42.8 Å². The molecule has 0 heterocycles. The highest BCUT2D eigenvalue weighted by Crippen LogP contribution is 2.01. The summed E-state index contributed by atoms with van der Waals surface area (Å²) in [7, 11) is 0. The minimum atomic E-state index is -0.209. The lowest BCUT2D eigenvalue weighted by Gasteiger charge is -2.04. The molecule has 0 atom stereocenters. The van der Waals surface area contributed by atoms with Crippen molar-refractivity contribution >= 4 is 5.97 Å². The van der Waals surface area contributed by atoms with E-state index in [-0.39, 0.29) is 5.97 Å². The largest absolute Gasteiger partial charge is 0.461 e. The van der Waals surface area contributed by atoms with E-state index < -0.39 is 0 Å². The van der Waals surface area contributed by atoms with Crippen LogP contribution in [0.15, 0.2) is 30.3 Å². The molecule has 0 fully saturated rings. The topological polar surface area (TPSA) is 38.3 Å². The van der Waals surface area contributed by atoms with Gasteiger partial charge in [-0.05, 0) is 19.0 Å². The molecule has 0 aromatic heterocycles. The molecule has 0 aliphatic heterocycles. The molecule has 0 spiro atoms. The van der Waals surface area contributed by atoms with Crippen molar-refractivity contribution in [2.45, 2.75) is 13.0 Å². The second-order valence-electron chi connectivity index (χ2n) is 3.10. The van der Waals surface area contributed by atoms with Crippen molar-refractivity contribution in [3.8, 4) is 0 Å². The minimum absolute atomic E-state index is 0.209. The second-order valence-corrected chi connectivity index (χ2v) is 3.10. The number of ether oxygens (including phenoxy) is 1. The number of benzene rings is 1. The summed E-state index contributed by atoms with van der Waals surface area (Å²) in [5.41, 5.74) is 0.998. The number of hydrogen-bond acceptors (Lipinski definition) is 3. The van der Waals surface area contributed by atoms with Gasteiger partial charge in [0.15, 0.2) is 0 Å². The third-order valence-corrected chi connectivity index (χ3v) is 1.89. The Bertz CT molecular complexity index is 285. The predicted molar refractivity (Wildman–Crippen MR) is 58.0 cm³/mol. The fourth-order valence-corrected chi connectivity index (χ4v) is 1.10. The third-order valence-electron chi connectivity index (χ3n) is 1.89. The second kappa shape index (κ2) is 7.01. The molecule has 0 saturated heterocycles. The van der Waals surface area contributed by atoms with Crippen LogP contribution in [-0.2, 0) is 16.1 Å². The maximum atomic E-state index is 11.2. The lowest BCUT2D eigenvalue weighted by molar-refractivity contribution is -0.144. The smallest absolute Gasteiger partial charge is 0.307 e. The van der Waals surface area contributed by atoms with Crippen molar-refractivity contribution in [2.24, 2.45) is 0 Å². The van der Waals surface area contributed by atoms with Gasteiger partial charge in [-0.3, -0.25) is 4.79 Å². The van der Waals surface area contributed by atoms with Gasteiger partial charge in [0, 0.05) is 6.54 Å². The van der Waals surface area contributed by atoms with Crippen LogP contribution in [0.3, 0.4) is 0 Å². The Hall–Kier alpha value is -1.35. The van der Waals surface area contributed by atoms with E-state index in [1.807, 2.05) is 30.3 Å². The van der Waals surface area contributed by atoms with Crippen LogP contribution in [0.4, 0.5) is 0 Å². The van der Waals surface area contributed by atoms with Crippen molar-refractivity contribution in [2.75, 3.05) is 13.1 Å². The normalized spacial score (nSPS) is 9.93. The molecule has 1 rings (SSSR count). The number of carbonyl (C=O) groups is 1. The number of carbonyl (C=O) groups excluding carboxylic acids is 1. The summed E-state index contributed by atoms with van der Waals surface area (Å²) < 4.78 is 5.05. The third kappa shape index (κ3) is 5.18. The van der Waals surface area contributed by atoms with Gasteiger partial charge in [-0.2, -0.15) is 0 Å². The van der Waals surface area contributed by atoms with Gasteiger partial charge >= 0.3 is 5.97 Å². The van der Waals surface area contributed by atoms with Gasteiger partial charge in [-0.15, -0.1) is 0 Å². The van der Waals surface area contributed by atoms with E-state index in [0.717, 1.165) is 5.56 Å². The average Bonchev–Trinajstić information content (AvgIpc) is 2.28. The van der Waals surface area contributed by atoms with E-state index in [0.29, 0.717) is 26.1 Å². The van der Waals surface area contributed by atoms with E-state index in [1.165, 1.54) is 0 Å². The zero-order chi connectivity index (χ0) is 10.9. The van der Waals surface area contributed by atoms with Crippen LogP contribution >= 0.6 is 0 Å². The van der Waals surface area contributed by atoms with Crippen molar-refractivity contribution < 1.29 is 9.53 Å². The van der Waals surface area contributed by atoms with Crippen LogP contribution in [0.1, 0.15) is 12.0 Å². The molecular formula is C12H15NO2. The molecule has 1 aromatic rings. The van der Waals surface area contributed by atoms with Gasteiger partial charge in [0.1, 0.15) is 6.61 Å². The van der Waals surface area contributed by atoms with Crippen molar-refractivity contribution in [3.63, 3.8) is 0 Å². The molecule has 2 radical (unpaired) electrons.